The van der Waals surface area contributed by atoms with Gasteiger partial charge in [-0.15, -0.1) is 0 Å². The Labute approximate surface area is 113 Å². The maximum absolute atomic E-state index is 11.1. The zero-order valence-electron chi connectivity index (χ0n) is 11.6. The molecule has 0 amide bonds. The van der Waals surface area contributed by atoms with E-state index in [4.69, 9.17) is 5.26 Å². The summed E-state index contributed by atoms with van der Waals surface area (Å²) in [5, 5.41) is 18.8. The minimum atomic E-state index is -0.301. The van der Waals surface area contributed by atoms with Crippen LogP contribution in [0.4, 0.5) is 0 Å². The predicted octanol–water partition coefficient (Wildman–Crippen LogP) is 2.88. The molecule has 4 heteroatoms. The molecule has 4 nitrogen and oxygen atoms in total. The number of nitrogens with zero attached hydrogens (tertiary/aromatic N) is 1. The standard InChI is InChI=1S/C15H19NO3/c1-15(2,8-4-5-14(18)19-3)12-9-11(10-16)6-7-13(12)17/h6-7,9,17H,4-5,8H2,1-3H3. The highest BCUT2D eigenvalue weighted by Gasteiger charge is 2.24. The van der Waals surface area contributed by atoms with E-state index in [9.17, 15) is 9.90 Å². The Balaban J connectivity index is 2.82. The van der Waals surface area contributed by atoms with Gasteiger partial charge in [0.25, 0.3) is 0 Å². The van der Waals surface area contributed by atoms with Crippen molar-refractivity contribution in [3.63, 3.8) is 0 Å². The van der Waals surface area contributed by atoms with Crippen molar-refractivity contribution in [3.05, 3.63) is 29.3 Å². The molecule has 1 aromatic rings. The SMILES string of the molecule is COC(=O)CCCC(C)(C)c1cc(C#N)ccc1O. The van der Waals surface area contributed by atoms with Crippen LogP contribution in [0.1, 0.15) is 44.2 Å². The Morgan fingerprint density at radius 3 is 2.74 bits per heavy atom. The van der Waals surface area contributed by atoms with Gasteiger partial charge >= 0.3 is 5.97 Å². The van der Waals surface area contributed by atoms with Crippen molar-refractivity contribution in [2.75, 3.05) is 7.11 Å². The lowest BCUT2D eigenvalue weighted by Crippen LogP contribution is -2.18. The van der Waals surface area contributed by atoms with Gasteiger partial charge in [-0.1, -0.05) is 13.8 Å². The molecule has 1 N–H and O–H groups in total. The van der Waals surface area contributed by atoms with Gasteiger partial charge in [-0.2, -0.15) is 5.26 Å². The van der Waals surface area contributed by atoms with Crippen molar-refractivity contribution in [3.8, 4) is 11.8 Å². The summed E-state index contributed by atoms with van der Waals surface area (Å²) in [7, 11) is 1.37. The van der Waals surface area contributed by atoms with Gasteiger partial charge < -0.3 is 9.84 Å². The number of hydrogen-bond acceptors (Lipinski definition) is 4. The molecular weight excluding hydrogens is 242 g/mol. The second kappa shape index (κ2) is 6.24. The number of phenolic OH excluding ortho intramolecular Hbond substituents is 1. The maximum atomic E-state index is 11.1. The number of methoxy groups -OCH3 is 1. The van der Waals surface area contributed by atoms with Gasteiger partial charge in [-0.25, -0.2) is 0 Å². The number of rotatable bonds is 5. The van der Waals surface area contributed by atoms with E-state index in [1.54, 1.807) is 12.1 Å². The minimum absolute atomic E-state index is 0.182. The Kier molecular flexibility index (Phi) is 4.94. The van der Waals surface area contributed by atoms with Crippen LogP contribution in [0.5, 0.6) is 5.75 Å². The molecule has 0 aliphatic rings. The number of nitriles is 1. The normalized spacial score (nSPS) is 10.8. The first kappa shape index (κ1) is 15.0. The molecule has 0 atom stereocenters. The van der Waals surface area contributed by atoms with Crippen molar-refractivity contribution in [1.29, 1.82) is 5.26 Å². The van der Waals surface area contributed by atoms with E-state index in [0.29, 0.717) is 18.4 Å². The van der Waals surface area contributed by atoms with Gasteiger partial charge in [0, 0.05) is 12.0 Å². The minimum Gasteiger partial charge on any atom is -0.508 e. The molecular formula is C15H19NO3. The summed E-state index contributed by atoms with van der Waals surface area (Å²) in [5.74, 6) is -0.0483. The second-order valence-corrected chi connectivity index (χ2v) is 5.16. The lowest BCUT2D eigenvalue weighted by Gasteiger charge is -2.26. The van der Waals surface area contributed by atoms with E-state index in [1.807, 2.05) is 13.8 Å². The number of esters is 1. The third-order valence-electron chi connectivity index (χ3n) is 3.27. The number of carbonyl (C=O) groups excluding carboxylic acids is 1. The average Bonchev–Trinajstić information content (AvgIpc) is 2.38. The van der Waals surface area contributed by atoms with Crippen molar-refractivity contribution in [1.82, 2.24) is 0 Å². The monoisotopic (exact) mass is 261 g/mol. The van der Waals surface area contributed by atoms with Gasteiger partial charge in [-0.05, 0) is 36.5 Å². The van der Waals surface area contributed by atoms with Gasteiger partial charge in [-0.3, -0.25) is 4.79 Å². The van der Waals surface area contributed by atoms with Crippen LogP contribution in [0.25, 0.3) is 0 Å². The lowest BCUT2D eigenvalue weighted by molar-refractivity contribution is -0.140. The smallest absolute Gasteiger partial charge is 0.305 e. The van der Waals surface area contributed by atoms with Crippen LogP contribution in [-0.4, -0.2) is 18.2 Å². The summed E-state index contributed by atoms with van der Waals surface area (Å²) >= 11 is 0. The molecule has 102 valence electrons. The fourth-order valence-electron chi connectivity index (χ4n) is 2.06. The summed E-state index contributed by atoms with van der Waals surface area (Å²) in [5.41, 5.74) is 0.954. The number of phenols is 1. The van der Waals surface area contributed by atoms with Crippen molar-refractivity contribution < 1.29 is 14.6 Å². The largest absolute Gasteiger partial charge is 0.508 e. The van der Waals surface area contributed by atoms with Crippen molar-refractivity contribution >= 4 is 5.97 Å². The molecule has 0 unspecified atom stereocenters. The molecule has 0 fully saturated rings. The van der Waals surface area contributed by atoms with Crippen molar-refractivity contribution in [2.24, 2.45) is 0 Å². The van der Waals surface area contributed by atoms with E-state index in [-0.39, 0.29) is 17.1 Å². The molecule has 0 aromatic heterocycles. The first-order valence-corrected chi connectivity index (χ1v) is 6.21. The van der Waals surface area contributed by atoms with Gasteiger partial charge in [0.1, 0.15) is 5.75 Å². The summed E-state index contributed by atoms with van der Waals surface area (Å²) in [4.78, 5) is 11.1. The van der Waals surface area contributed by atoms with Crippen LogP contribution in [-0.2, 0) is 14.9 Å². The third-order valence-corrected chi connectivity index (χ3v) is 3.27. The summed E-state index contributed by atoms with van der Waals surface area (Å²) in [6.07, 6.45) is 1.76. The summed E-state index contributed by atoms with van der Waals surface area (Å²) in [6.45, 7) is 3.97. The highest BCUT2D eigenvalue weighted by atomic mass is 16.5. The van der Waals surface area contributed by atoms with Gasteiger partial charge in [0.2, 0.25) is 0 Å². The zero-order valence-corrected chi connectivity index (χ0v) is 11.6. The van der Waals surface area contributed by atoms with Crippen LogP contribution >= 0.6 is 0 Å². The number of hydrogen-bond donors (Lipinski definition) is 1. The number of ether oxygens (including phenoxy) is 1. The first-order chi connectivity index (χ1) is 8.90. The Hall–Kier alpha value is -2.02. The van der Waals surface area contributed by atoms with E-state index in [1.165, 1.54) is 13.2 Å². The second-order valence-electron chi connectivity index (χ2n) is 5.16. The molecule has 0 saturated heterocycles. The molecule has 0 heterocycles. The maximum Gasteiger partial charge on any atom is 0.305 e. The van der Waals surface area contributed by atoms with E-state index in [0.717, 1.165) is 12.0 Å². The van der Waals surface area contributed by atoms with Crippen LogP contribution in [0.2, 0.25) is 0 Å². The highest BCUT2D eigenvalue weighted by Crippen LogP contribution is 2.35. The van der Waals surface area contributed by atoms with E-state index < -0.39 is 0 Å². The van der Waals surface area contributed by atoms with Crippen LogP contribution < -0.4 is 0 Å². The topological polar surface area (TPSA) is 70.3 Å². The summed E-state index contributed by atoms with van der Waals surface area (Å²) < 4.78 is 4.60. The van der Waals surface area contributed by atoms with Crippen molar-refractivity contribution in [2.45, 2.75) is 38.5 Å². The number of carbonyl (C=O) groups is 1. The fourth-order valence-corrected chi connectivity index (χ4v) is 2.06. The van der Waals surface area contributed by atoms with Crippen LogP contribution in [0, 0.1) is 11.3 Å². The van der Waals surface area contributed by atoms with E-state index in [2.05, 4.69) is 10.8 Å². The van der Waals surface area contributed by atoms with Gasteiger partial charge in [0.15, 0.2) is 0 Å². The molecule has 0 radical (unpaired) electrons. The molecule has 19 heavy (non-hydrogen) atoms. The van der Waals surface area contributed by atoms with Gasteiger partial charge in [0.05, 0.1) is 18.7 Å². The third kappa shape index (κ3) is 3.99. The zero-order chi connectivity index (χ0) is 14.5. The van der Waals surface area contributed by atoms with Crippen LogP contribution in [0.15, 0.2) is 18.2 Å². The first-order valence-electron chi connectivity index (χ1n) is 6.21. The quantitative estimate of drug-likeness (QED) is 0.827. The molecule has 0 saturated carbocycles. The Morgan fingerprint density at radius 2 is 2.16 bits per heavy atom. The molecule has 0 aliphatic carbocycles. The van der Waals surface area contributed by atoms with Crippen LogP contribution in [0.3, 0.4) is 0 Å². The molecule has 0 bridgehead atoms. The predicted molar refractivity (Wildman–Crippen MR) is 71.7 cm³/mol. The average molecular weight is 261 g/mol. The lowest BCUT2D eigenvalue weighted by atomic mass is 9.79. The molecule has 0 aliphatic heterocycles. The molecule has 1 rings (SSSR count). The fraction of sp³-hybridized carbons (Fsp3) is 0.467. The Morgan fingerprint density at radius 1 is 1.47 bits per heavy atom. The highest BCUT2D eigenvalue weighted by molar-refractivity contribution is 5.69. The molecule has 1 aromatic carbocycles. The Bertz CT molecular complexity index is 501. The summed E-state index contributed by atoms with van der Waals surface area (Å²) in [6, 6.07) is 6.89. The number of aromatic hydroxyl groups is 1. The number of benzene rings is 1. The van der Waals surface area contributed by atoms with E-state index >= 15 is 0 Å². The molecule has 0 spiro atoms.